The molecule has 1 aliphatic carbocycles. The van der Waals surface area contributed by atoms with Crippen LogP contribution in [0.15, 0.2) is 30.7 Å². The van der Waals surface area contributed by atoms with Crippen LogP contribution in [0.4, 0.5) is 26.3 Å². The number of halogens is 6. The molecule has 2 aromatic rings. The number of pyridine rings is 1. The number of nitrogens with zero attached hydrogens (tertiary/aromatic N) is 4. The summed E-state index contributed by atoms with van der Waals surface area (Å²) in [4.78, 5) is 29.2. The normalized spacial score (nSPS) is 17.9. The fourth-order valence-electron chi connectivity index (χ4n) is 3.50. The van der Waals surface area contributed by atoms with Crippen LogP contribution in [0, 0.1) is 0 Å². The highest BCUT2D eigenvalue weighted by Crippen LogP contribution is 2.34. The standard InChI is InChI=1S/C17H22N4O.2C2HF3O2/c1-13-17-19-10-15(12-22-16-6-3-7-18-11-16)21(17)9-8-20(13)14-4-2-5-14;2*3-2(4,5)1(6)7/h3,6-7,10-11,13-14H,2,4-5,8-9,12H2,1H3;2*(H,6,7). The Bertz CT molecular complexity index is 984. The van der Waals surface area contributed by atoms with Crippen molar-refractivity contribution >= 4 is 11.9 Å². The van der Waals surface area contributed by atoms with Crippen molar-refractivity contribution in [1.29, 1.82) is 0 Å². The number of alkyl halides is 6. The van der Waals surface area contributed by atoms with Crippen molar-refractivity contribution in [2.24, 2.45) is 0 Å². The number of carboxylic acid groups (broad SMARTS) is 2. The molecule has 2 aliphatic rings. The lowest BCUT2D eigenvalue weighted by Crippen LogP contribution is -2.47. The van der Waals surface area contributed by atoms with Crippen LogP contribution < -0.4 is 4.74 Å². The minimum Gasteiger partial charge on any atom is -0.486 e. The summed E-state index contributed by atoms with van der Waals surface area (Å²) >= 11 is 0. The molecule has 2 N–H and O–H groups in total. The average molecular weight is 526 g/mol. The Hall–Kier alpha value is -3.36. The number of aromatic nitrogens is 3. The van der Waals surface area contributed by atoms with Gasteiger partial charge in [-0.05, 0) is 31.9 Å². The monoisotopic (exact) mass is 526 g/mol. The van der Waals surface area contributed by atoms with E-state index in [-0.39, 0.29) is 0 Å². The number of ether oxygens (including phenoxy) is 1. The third-order valence-corrected chi connectivity index (χ3v) is 5.47. The van der Waals surface area contributed by atoms with E-state index in [1.165, 1.54) is 25.1 Å². The molecule has 4 rings (SSSR count). The summed E-state index contributed by atoms with van der Waals surface area (Å²) < 4.78 is 71.6. The van der Waals surface area contributed by atoms with E-state index in [1.807, 2.05) is 18.3 Å². The molecule has 0 radical (unpaired) electrons. The molecule has 1 aliphatic heterocycles. The lowest BCUT2D eigenvalue weighted by atomic mass is 9.90. The van der Waals surface area contributed by atoms with Gasteiger partial charge in [0, 0.05) is 25.3 Å². The third kappa shape index (κ3) is 8.10. The zero-order valence-electron chi connectivity index (χ0n) is 19.0. The second kappa shape index (κ2) is 12.1. The van der Waals surface area contributed by atoms with E-state index in [0.717, 1.165) is 30.6 Å². The van der Waals surface area contributed by atoms with E-state index >= 15 is 0 Å². The van der Waals surface area contributed by atoms with E-state index < -0.39 is 24.3 Å². The van der Waals surface area contributed by atoms with Crippen molar-refractivity contribution in [2.75, 3.05) is 6.54 Å². The zero-order chi connectivity index (χ0) is 27.1. The third-order valence-electron chi connectivity index (χ3n) is 5.47. The number of rotatable bonds is 4. The highest BCUT2D eigenvalue weighted by atomic mass is 19.4. The predicted octanol–water partition coefficient (Wildman–Crippen LogP) is 4.05. The lowest BCUT2D eigenvalue weighted by Gasteiger charge is -2.43. The molecule has 0 spiro atoms. The Balaban J connectivity index is 0.000000271. The molecule has 0 amide bonds. The summed E-state index contributed by atoms with van der Waals surface area (Å²) in [7, 11) is 0. The SMILES string of the molecule is CC1c2ncc(COc3cccnc3)n2CCN1C1CCC1.O=C(O)C(F)(F)F.O=C(O)C(F)(F)F. The number of carboxylic acids is 2. The van der Waals surface area contributed by atoms with Gasteiger partial charge in [0.15, 0.2) is 0 Å². The topological polar surface area (TPSA) is 118 Å². The van der Waals surface area contributed by atoms with Crippen LogP contribution in [0.5, 0.6) is 5.75 Å². The predicted molar refractivity (Wildman–Crippen MR) is 111 cm³/mol. The van der Waals surface area contributed by atoms with Crippen molar-refractivity contribution in [2.45, 2.75) is 63.8 Å². The van der Waals surface area contributed by atoms with E-state index in [4.69, 9.17) is 24.5 Å². The van der Waals surface area contributed by atoms with Crippen molar-refractivity contribution in [3.05, 3.63) is 42.2 Å². The van der Waals surface area contributed by atoms with Crippen LogP contribution in [0.2, 0.25) is 0 Å². The molecule has 2 aromatic heterocycles. The number of carbonyl (C=O) groups is 2. The Morgan fingerprint density at radius 2 is 1.64 bits per heavy atom. The van der Waals surface area contributed by atoms with Crippen LogP contribution >= 0.6 is 0 Å². The maximum Gasteiger partial charge on any atom is 0.490 e. The van der Waals surface area contributed by atoms with Gasteiger partial charge in [0.2, 0.25) is 0 Å². The van der Waals surface area contributed by atoms with Crippen molar-refractivity contribution in [1.82, 2.24) is 19.4 Å². The van der Waals surface area contributed by atoms with E-state index in [0.29, 0.717) is 12.6 Å². The maximum absolute atomic E-state index is 10.6. The van der Waals surface area contributed by atoms with E-state index in [9.17, 15) is 26.3 Å². The van der Waals surface area contributed by atoms with Gasteiger partial charge < -0.3 is 19.5 Å². The molecule has 0 bridgehead atoms. The minimum absolute atomic E-state index is 0.409. The Labute approximate surface area is 201 Å². The lowest BCUT2D eigenvalue weighted by molar-refractivity contribution is -0.193. The molecule has 15 heteroatoms. The molecular formula is C21H24F6N4O5. The van der Waals surface area contributed by atoms with Crippen molar-refractivity contribution < 1.29 is 50.9 Å². The van der Waals surface area contributed by atoms with Crippen molar-refractivity contribution in [3.8, 4) is 5.75 Å². The number of hydrogen-bond acceptors (Lipinski definition) is 6. The van der Waals surface area contributed by atoms with Gasteiger partial charge in [-0.2, -0.15) is 26.3 Å². The highest BCUT2D eigenvalue weighted by Gasteiger charge is 2.39. The fourth-order valence-corrected chi connectivity index (χ4v) is 3.50. The van der Waals surface area contributed by atoms with Gasteiger partial charge in [0.1, 0.15) is 18.2 Å². The van der Waals surface area contributed by atoms with Gasteiger partial charge in [0.05, 0.1) is 24.1 Å². The molecule has 0 saturated heterocycles. The molecule has 200 valence electrons. The zero-order valence-corrected chi connectivity index (χ0v) is 19.0. The first-order valence-electron chi connectivity index (χ1n) is 10.6. The second-order valence-electron chi connectivity index (χ2n) is 7.84. The van der Waals surface area contributed by atoms with E-state index in [1.54, 1.807) is 12.4 Å². The first-order chi connectivity index (χ1) is 16.7. The smallest absolute Gasteiger partial charge is 0.486 e. The first-order valence-corrected chi connectivity index (χ1v) is 10.6. The number of fused-ring (bicyclic) bond motifs is 1. The average Bonchev–Trinajstić information content (AvgIpc) is 3.17. The molecule has 0 aromatic carbocycles. The summed E-state index contributed by atoms with van der Waals surface area (Å²) in [6, 6.07) is 5.00. The Morgan fingerprint density at radius 1 is 1.06 bits per heavy atom. The second-order valence-corrected chi connectivity index (χ2v) is 7.84. The summed E-state index contributed by atoms with van der Waals surface area (Å²) in [6.07, 6.45) is -0.623. The number of imidazole rings is 1. The molecule has 1 fully saturated rings. The van der Waals surface area contributed by atoms with Crippen LogP contribution in [0.3, 0.4) is 0 Å². The summed E-state index contributed by atoms with van der Waals surface area (Å²) in [6.45, 7) is 4.97. The maximum atomic E-state index is 10.6. The van der Waals surface area contributed by atoms with Crippen LogP contribution in [0.25, 0.3) is 0 Å². The van der Waals surface area contributed by atoms with Gasteiger partial charge in [-0.25, -0.2) is 14.6 Å². The molecular weight excluding hydrogens is 502 g/mol. The molecule has 36 heavy (non-hydrogen) atoms. The molecule has 9 nitrogen and oxygen atoms in total. The number of aliphatic carboxylic acids is 2. The highest BCUT2D eigenvalue weighted by molar-refractivity contribution is 5.73. The number of hydrogen-bond donors (Lipinski definition) is 2. The van der Waals surface area contributed by atoms with Gasteiger partial charge in [-0.1, -0.05) is 6.42 Å². The summed E-state index contributed by atoms with van der Waals surface area (Å²) in [5.74, 6) is -3.53. The van der Waals surface area contributed by atoms with E-state index in [2.05, 4.69) is 26.4 Å². The summed E-state index contributed by atoms with van der Waals surface area (Å²) in [5.41, 5.74) is 1.15. The van der Waals surface area contributed by atoms with Crippen LogP contribution in [-0.2, 0) is 22.7 Å². The van der Waals surface area contributed by atoms with Gasteiger partial charge in [-0.15, -0.1) is 0 Å². The molecule has 1 saturated carbocycles. The minimum atomic E-state index is -5.08. The Morgan fingerprint density at radius 3 is 2.08 bits per heavy atom. The quantitative estimate of drug-likeness (QED) is 0.573. The summed E-state index contributed by atoms with van der Waals surface area (Å²) in [5, 5.41) is 14.2. The molecule has 3 heterocycles. The first kappa shape index (κ1) is 28.9. The largest absolute Gasteiger partial charge is 0.490 e. The van der Waals surface area contributed by atoms with Gasteiger partial charge in [0.25, 0.3) is 0 Å². The Kier molecular flexibility index (Phi) is 9.67. The fraction of sp³-hybridized carbons (Fsp3) is 0.524. The van der Waals surface area contributed by atoms with Gasteiger partial charge in [-0.3, -0.25) is 9.88 Å². The van der Waals surface area contributed by atoms with Crippen molar-refractivity contribution in [3.63, 3.8) is 0 Å². The molecule has 1 unspecified atom stereocenters. The van der Waals surface area contributed by atoms with Crippen LogP contribution in [-0.4, -0.2) is 66.5 Å². The van der Waals surface area contributed by atoms with Gasteiger partial charge >= 0.3 is 24.3 Å². The molecule has 1 atom stereocenters. The van der Waals surface area contributed by atoms with Crippen LogP contribution in [0.1, 0.15) is 43.7 Å².